The van der Waals surface area contributed by atoms with Gasteiger partial charge in [-0.1, -0.05) is 36.4 Å². The van der Waals surface area contributed by atoms with Crippen LogP contribution in [0.25, 0.3) is 0 Å². The number of rotatable bonds is 6. The number of allylic oxidation sites excluding steroid dienone is 2. The molecule has 0 aromatic heterocycles. The molecule has 3 nitrogen and oxygen atoms in total. The van der Waals surface area contributed by atoms with E-state index in [-0.39, 0.29) is 0 Å². The Morgan fingerprint density at radius 2 is 1.78 bits per heavy atom. The molecular formula is C14H19NO2Si. The Labute approximate surface area is 110 Å². The van der Waals surface area contributed by atoms with Gasteiger partial charge in [0.1, 0.15) is 0 Å². The summed E-state index contributed by atoms with van der Waals surface area (Å²) in [5.74, 6) is 0. The lowest BCUT2D eigenvalue weighted by Gasteiger charge is -2.29. The number of benzene rings is 1. The normalized spacial score (nSPS) is 12.2. The lowest BCUT2D eigenvalue weighted by molar-refractivity contribution is 0.205. The first-order valence-electron chi connectivity index (χ1n) is 6.15. The lowest BCUT2D eigenvalue weighted by Crippen LogP contribution is -2.55. The summed E-state index contributed by atoms with van der Waals surface area (Å²) in [4.78, 5) is 0. The minimum absolute atomic E-state index is 0.528. The van der Waals surface area contributed by atoms with Crippen LogP contribution in [0.1, 0.15) is 20.8 Å². The van der Waals surface area contributed by atoms with E-state index in [4.69, 9.17) is 8.85 Å². The number of hydrogen-bond acceptors (Lipinski definition) is 3. The number of hydrogen-bond donors (Lipinski definition) is 0. The zero-order valence-electron chi connectivity index (χ0n) is 11.1. The molecule has 96 valence electrons. The molecule has 0 amide bonds. The van der Waals surface area contributed by atoms with E-state index in [1.807, 2.05) is 51.1 Å². The summed E-state index contributed by atoms with van der Waals surface area (Å²) in [5, 5.41) is 10.9. The molecular weight excluding hydrogens is 242 g/mol. The summed E-state index contributed by atoms with van der Waals surface area (Å²) in [6, 6.07) is 12.0. The summed E-state index contributed by atoms with van der Waals surface area (Å²) in [6.45, 7) is 6.75. The van der Waals surface area contributed by atoms with Crippen LogP contribution in [0, 0.1) is 11.3 Å². The summed E-state index contributed by atoms with van der Waals surface area (Å²) < 4.78 is 11.9. The Bertz CT molecular complexity index is 431. The average Bonchev–Trinajstić information content (AvgIpc) is 2.41. The maximum atomic E-state index is 9.33. The first-order chi connectivity index (χ1) is 8.75. The fourth-order valence-corrected chi connectivity index (χ4v) is 4.92. The topological polar surface area (TPSA) is 42.2 Å². The number of nitrogens with zero attached hydrogens (tertiary/aromatic N) is 1. The van der Waals surface area contributed by atoms with Gasteiger partial charge in [-0.25, -0.2) is 0 Å². The molecule has 0 aliphatic carbocycles. The van der Waals surface area contributed by atoms with Gasteiger partial charge < -0.3 is 8.85 Å². The zero-order chi connectivity index (χ0) is 13.4. The van der Waals surface area contributed by atoms with Crippen LogP contribution in [0.15, 0.2) is 41.6 Å². The largest absolute Gasteiger partial charge is 0.417 e. The first kappa shape index (κ1) is 14.6. The fraction of sp³-hybridized carbons (Fsp3) is 0.357. The van der Waals surface area contributed by atoms with Crippen molar-refractivity contribution in [3.63, 3.8) is 0 Å². The van der Waals surface area contributed by atoms with Gasteiger partial charge in [0, 0.05) is 13.2 Å². The Morgan fingerprint density at radius 1 is 1.22 bits per heavy atom. The predicted octanol–water partition coefficient (Wildman–Crippen LogP) is 2.42. The highest BCUT2D eigenvalue weighted by molar-refractivity contribution is 6.88. The third-order valence-electron chi connectivity index (χ3n) is 2.61. The molecule has 0 fully saturated rings. The molecule has 0 saturated carbocycles. The Kier molecular flexibility index (Phi) is 5.79. The number of nitriles is 1. The minimum Gasteiger partial charge on any atom is -0.388 e. The fourth-order valence-electron chi connectivity index (χ4n) is 1.91. The molecule has 4 heteroatoms. The lowest BCUT2D eigenvalue weighted by atomic mass is 10.4. The van der Waals surface area contributed by atoms with E-state index in [2.05, 4.69) is 6.07 Å². The van der Waals surface area contributed by atoms with Gasteiger partial charge in [0.25, 0.3) is 0 Å². The maximum Gasteiger partial charge on any atom is 0.417 e. The maximum absolute atomic E-state index is 9.33. The SMILES string of the molecule is CC=C(C#N)[Si](OCC)(OCC)c1ccccc1. The van der Waals surface area contributed by atoms with Crippen LogP contribution in [0.2, 0.25) is 0 Å². The molecule has 0 unspecified atom stereocenters. The van der Waals surface area contributed by atoms with Crippen molar-refractivity contribution in [1.82, 2.24) is 0 Å². The second kappa shape index (κ2) is 7.12. The Morgan fingerprint density at radius 3 is 2.17 bits per heavy atom. The van der Waals surface area contributed by atoms with Crippen LogP contribution in [0.4, 0.5) is 0 Å². The molecule has 0 radical (unpaired) electrons. The molecule has 1 rings (SSSR count). The quantitative estimate of drug-likeness (QED) is 0.583. The summed E-state index contributed by atoms with van der Waals surface area (Å²) in [5.41, 5.74) is 0. The monoisotopic (exact) mass is 261 g/mol. The molecule has 18 heavy (non-hydrogen) atoms. The van der Waals surface area contributed by atoms with Crippen molar-refractivity contribution in [2.24, 2.45) is 0 Å². The van der Waals surface area contributed by atoms with Crippen LogP contribution in [0.5, 0.6) is 0 Å². The van der Waals surface area contributed by atoms with Crippen molar-refractivity contribution in [2.75, 3.05) is 13.2 Å². The van der Waals surface area contributed by atoms with Gasteiger partial charge in [-0.2, -0.15) is 5.26 Å². The molecule has 0 aliphatic heterocycles. The van der Waals surface area contributed by atoms with E-state index in [9.17, 15) is 5.26 Å². The van der Waals surface area contributed by atoms with Gasteiger partial charge in [-0.05, 0) is 26.0 Å². The third-order valence-corrected chi connectivity index (χ3v) is 6.21. The Hall–Kier alpha value is -1.41. The van der Waals surface area contributed by atoms with Crippen molar-refractivity contribution < 1.29 is 8.85 Å². The van der Waals surface area contributed by atoms with E-state index in [0.717, 1.165) is 5.19 Å². The molecule has 1 aromatic carbocycles. The highest BCUT2D eigenvalue weighted by atomic mass is 28.4. The van der Waals surface area contributed by atoms with E-state index in [0.29, 0.717) is 18.4 Å². The molecule has 0 atom stereocenters. The van der Waals surface area contributed by atoms with Gasteiger partial charge in [0.2, 0.25) is 0 Å². The molecule has 1 aromatic rings. The van der Waals surface area contributed by atoms with Gasteiger partial charge in [0.05, 0.1) is 11.3 Å². The second-order valence-corrected chi connectivity index (χ2v) is 6.59. The third kappa shape index (κ3) is 2.88. The van der Waals surface area contributed by atoms with Crippen molar-refractivity contribution >= 4 is 13.7 Å². The van der Waals surface area contributed by atoms with Gasteiger partial charge >= 0.3 is 8.56 Å². The molecule has 0 aliphatic rings. The van der Waals surface area contributed by atoms with Crippen LogP contribution in [-0.2, 0) is 8.85 Å². The molecule has 0 heterocycles. The van der Waals surface area contributed by atoms with E-state index >= 15 is 0 Å². The summed E-state index contributed by atoms with van der Waals surface area (Å²) in [6.07, 6.45) is 1.80. The van der Waals surface area contributed by atoms with Crippen molar-refractivity contribution in [3.05, 3.63) is 41.6 Å². The van der Waals surface area contributed by atoms with Crippen LogP contribution < -0.4 is 5.19 Å². The molecule has 0 spiro atoms. The smallest absolute Gasteiger partial charge is 0.388 e. The molecule has 0 saturated heterocycles. The van der Waals surface area contributed by atoms with Crippen molar-refractivity contribution in [3.8, 4) is 6.07 Å². The van der Waals surface area contributed by atoms with Gasteiger partial charge in [-0.3, -0.25) is 0 Å². The van der Waals surface area contributed by atoms with Crippen LogP contribution in [0.3, 0.4) is 0 Å². The minimum atomic E-state index is -2.80. The van der Waals surface area contributed by atoms with Crippen molar-refractivity contribution in [2.45, 2.75) is 20.8 Å². The average molecular weight is 261 g/mol. The standard InChI is InChI=1S/C14H19NO2Si/c1-4-13(12-15)18(16-5-2,17-6-3)14-10-8-7-9-11-14/h4,7-11H,5-6H2,1-3H3. The highest BCUT2D eigenvalue weighted by Gasteiger charge is 2.44. The summed E-state index contributed by atoms with van der Waals surface area (Å²) >= 11 is 0. The first-order valence-corrected chi connectivity index (χ1v) is 7.97. The van der Waals surface area contributed by atoms with Gasteiger partial charge in [0.15, 0.2) is 0 Å². The molecule has 0 N–H and O–H groups in total. The van der Waals surface area contributed by atoms with E-state index in [1.54, 1.807) is 6.08 Å². The van der Waals surface area contributed by atoms with E-state index < -0.39 is 8.56 Å². The van der Waals surface area contributed by atoms with Crippen LogP contribution >= 0.6 is 0 Å². The summed E-state index contributed by atoms with van der Waals surface area (Å²) in [7, 11) is -2.80. The Balaban J connectivity index is 3.35. The predicted molar refractivity (Wildman–Crippen MR) is 74.5 cm³/mol. The van der Waals surface area contributed by atoms with Crippen LogP contribution in [-0.4, -0.2) is 21.8 Å². The van der Waals surface area contributed by atoms with Gasteiger partial charge in [-0.15, -0.1) is 0 Å². The molecule has 0 bridgehead atoms. The second-order valence-electron chi connectivity index (χ2n) is 3.66. The van der Waals surface area contributed by atoms with E-state index in [1.165, 1.54) is 0 Å². The zero-order valence-corrected chi connectivity index (χ0v) is 12.1. The van der Waals surface area contributed by atoms with Crippen molar-refractivity contribution in [1.29, 1.82) is 5.26 Å². The highest BCUT2D eigenvalue weighted by Crippen LogP contribution is 2.18.